The maximum Gasteiger partial charge on any atom is 0.428 e. The lowest BCUT2D eigenvalue weighted by atomic mass is 10.7. The molecule has 0 unspecified atom stereocenters. The fourth-order valence-electron chi connectivity index (χ4n) is 0.677. The van der Waals surface area contributed by atoms with Crippen LogP contribution in [0.25, 0.3) is 0 Å². The van der Waals surface area contributed by atoms with Crippen molar-refractivity contribution < 1.29 is 18.3 Å². The van der Waals surface area contributed by atoms with E-state index in [0.717, 1.165) is 5.01 Å². The van der Waals surface area contributed by atoms with Gasteiger partial charge in [-0.25, -0.2) is 18.6 Å². The van der Waals surface area contributed by atoms with Crippen molar-refractivity contribution >= 4 is 23.3 Å². The number of carbonyl (C=O) groups is 1. The molecular weight excluding hydrogens is 190 g/mol. The summed E-state index contributed by atoms with van der Waals surface area (Å²) >= 11 is 4.26. The first kappa shape index (κ1) is 9.11. The zero-order chi connectivity index (χ0) is 9.14. The van der Waals surface area contributed by atoms with E-state index in [2.05, 4.69) is 22.4 Å². The van der Waals surface area contributed by atoms with Gasteiger partial charge in [0.05, 0.1) is 6.54 Å². The van der Waals surface area contributed by atoms with Gasteiger partial charge in [-0.3, -0.25) is 5.43 Å². The molecule has 0 aromatic rings. The van der Waals surface area contributed by atoms with Gasteiger partial charge in [-0.15, -0.1) is 0 Å². The van der Waals surface area contributed by atoms with Gasteiger partial charge in [0, 0.05) is 0 Å². The summed E-state index contributed by atoms with van der Waals surface area (Å²) in [6.07, 6.45) is -3.44. The van der Waals surface area contributed by atoms with Gasteiger partial charge in [0.15, 0.2) is 4.99 Å². The average Bonchev–Trinajstić information content (AvgIpc) is 2.36. The summed E-state index contributed by atoms with van der Waals surface area (Å²) in [5, 5.41) is 0.911. The fourth-order valence-corrected chi connectivity index (χ4v) is 0.787. The number of cyclic esters (lactones) is 1. The van der Waals surface area contributed by atoms with Gasteiger partial charge in [-0.2, -0.15) is 0 Å². The van der Waals surface area contributed by atoms with Crippen molar-refractivity contribution in [3.63, 3.8) is 0 Å². The number of nitrogens with one attached hydrogen (secondary N) is 1. The van der Waals surface area contributed by atoms with Crippen LogP contribution in [0, 0.1) is 0 Å². The van der Waals surface area contributed by atoms with Gasteiger partial charge in [0.25, 0.3) is 6.43 Å². The Balaban J connectivity index is 2.40. The van der Waals surface area contributed by atoms with E-state index in [1.165, 1.54) is 0 Å². The van der Waals surface area contributed by atoms with Crippen LogP contribution in [0.2, 0.25) is 0 Å². The SMILES string of the molecule is O=C1OCCN1NC(=S)C(F)F. The molecule has 0 spiro atoms. The number of rotatable bonds is 2. The number of ether oxygens (including phenoxy) is 1. The molecule has 12 heavy (non-hydrogen) atoms. The normalized spacial score (nSPS) is 16.6. The maximum atomic E-state index is 11.8. The molecule has 7 heteroatoms. The number of hydrogen-bond donors (Lipinski definition) is 1. The molecule has 4 nitrogen and oxygen atoms in total. The van der Waals surface area contributed by atoms with E-state index in [1.54, 1.807) is 0 Å². The molecule has 0 aromatic carbocycles. The van der Waals surface area contributed by atoms with Crippen LogP contribution in [0.15, 0.2) is 0 Å². The second-order valence-electron chi connectivity index (χ2n) is 2.04. The molecule has 0 aromatic heterocycles. The number of hydrazine groups is 1. The molecule has 0 aliphatic carbocycles. The van der Waals surface area contributed by atoms with Gasteiger partial charge in [-0.05, 0) is 0 Å². The van der Waals surface area contributed by atoms with Crippen LogP contribution in [0.1, 0.15) is 0 Å². The zero-order valence-corrected chi connectivity index (χ0v) is 6.74. The average molecular weight is 196 g/mol. The predicted octanol–water partition coefficient (Wildman–Crippen LogP) is 0.536. The number of amides is 1. The van der Waals surface area contributed by atoms with Gasteiger partial charge < -0.3 is 4.74 Å². The first-order valence-corrected chi connectivity index (χ1v) is 3.55. The highest BCUT2D eigenvalue weighted by atomic mass is 32.1. The molecule has 0 radical (unpaired) electrons. The molecular formula is C5H6F2N2O2S. The second-order valence-corrected chi connectivity index (χ2v) is 2.48. The first-order chi connectivity index (χ1) is 5.61. The summed E-state index contributed by atoms with van der Waals surface area (Å²) in [4.78, 5) is 10.00. The van der Waals surface area contributed by atoms with Crippen LogP contribution in [0.4, 0.5) is 13.6 Å². The van der Waals surface area contributed by atoms with Gasteiger partial charge >= 0.3 is 6.09 Å². The minimum Gasteiger partial charge on any atom is -0.446 e. The molecule has 1 fully saturated rings. The Labute approximate surface area is 72.4 Å². The number of halogens is 2. The highest BCUT2D eigenvalue weighted by molar-refractivity contribution is 7.80. The third kappa shape index (κ3) is 2.00. The van der Waals surface area contributed by atoms with E-state index in [-0.39, 0.29) is 13.2 Å². The monoisotopic (exact) mass is 196 g/mol. The van der Waals surface area contributed by atoms with E-state index < -0.39 is 17.5 Å². The summed E-state index contributed by atoms with van der Waals surface area (Å²) < 4.78 is 28.1. The van der Waals surface area contributed by atoms with Crippen LogP contribution in [0.3, 0.4) is 0 Å². The summed E-state index contributed by atoms with van der Waals surface area (Å²) in [6, 6.07) is 0. The molecule has 1 N–H and O–H groups in total. The Kier molecular flexibility index (Phi) is 2.74. The minimum absolute atomic E-state index is 0.192. The largest absolute Gasteiger partial charge is 0.446 e. The summed E-state index contributed by atoms with van der Waals surface area (Å²) in [5.41, 5.74) is 2.07. The number of thiocarbonyl (C=S) groups is 1. The number of nitrogens with zero attached hydrogens (tertiary/aromatic N) is 1. The molecule has 1 amide bonds. The highest BCUT2D eigenvalue weighted by Crippen LogP contribution is 2.01. The van der Waals surface area contributed by atoms with Crippen molar-refractivity contribution in [2.24, 2.45) is 0 Å². The van der Waals surface area contributed by atoms with Crippen LogP contribution in [-0.4, -0.2) is 35.7 Å². The van der Waals surface area contributed by atoms with Crippen molar-refractivity contribution in [1.29, 1.82) is 0 Å². The molecule has 0 atom stereocenters. The topological polar surface area (TPSA) is 41.6 Å². The summed E-state index contributed by atoms with van der Waals surface area (Å²) in [6.45, 7) is 0.420. The lowest BCUT2D eigenvalue weighted by Gasteiger charge is -2.14. The van der Waals surface area contributed by atoms with Crippen LogP contribution < -0.4 is 5.43 Å². The number of hydrogen-bond acceptors (Lipinski definition) is 3. The highest BCUT2D eigenvalue weighted by Gasteiger charge is 2.24. The Morgan fingerprint density at radius 1 is 1.75 bits per heavy atom. The Bertz CT molecular complexity index is 212. The van der Waals surface area contributed by atoms with E-state index >= 15 is 0 Å². The van der Waals surface area contributed by atoms with Gasteiger partial charge in [0.1, 0.15) is 6.61 Å². The standard InChI is InChI=1S/C5H6F2N2O2S/c6-3(7)4(12)8-9-1-2-11-5(9)10/h3H,1-2H2,(H,8,12). The van der Waals surface area contributed by atoms with Crippen molar-refractivity contribution in [1.82, 2.24) is 10.4 Å². The molecule has 1 saturated heterocycles. The van der Waals surface area contributed by atoms with E-state index in [1.807, 2.05) is 0 Å². The van der Waals surface area contributed by atoms with E-state index in [9.17, 15) is 13.6 Å². The molecule has 1 aliphatic rings. The third-order valence-electron chi connectivity index (χ3n) is 1.20. The van der Waals surface area contributed by atoms with Crippen molar-refractivity contribution in [2.45, 2.75) is 6.43 Å². The third-order valence-corrected chi connectivity index (χ3v) is 1.47. The summed E-state index contributed by atoms with van der Waals surface area (Å²) in [7, 11) is 0. The molecule has 68 valence electrons. The van der Waals surface area contributed by atoms with Gasteiger partial charge in [-0.1, -0.05) is 12.2 Å². The number of carbonyl (C=O) groups excluding carboxylic acids is 1. The molecule has 0 bridgehead atoms. The maximum absolute atomic E-state index is 11.8. The Morgan fingerprint density at radius 2 is 2.42 bits per heavy atom. The molecule has 1 rings (SSSR count). The smallest absolute Gasteiger partial charge is 0.428 e. The van der Waals surface area contributed by atoms with E-state index in [0.29, 0.717) is 0 Å². The van der Waals surface area contributed by atoms with E-state index in [4.69, 9.17) is 0 Å². The van der Waals surface area contributed by atoms with Crippen LogP contribution >= 0.6 is 12.2 Å². The predicted molar refractivity (Wildman–Crippen MR) is 39.8 cm³/mol. The fraction of sp³-hybridized carbons (Fsp3) is 0.600. The minimum atomic E-state index is -2.76. The lowest BCUT2D eigenvalue weighted by molar-refractivity contribution is 0.150. The second kappa shape index (κ2) is 3.61. The molecule has 1 aliphatic heterocycles. The van der Waals surface area contributed by atoms with Crippen LogP contribution in [-0.2, 0) is 4.74 Å². The summed E-state index contributed by atoms with van der Waals surface area (Å²) in [5.74, 6) is 0. The quantitative estimate of drug-likeness (QED) is 0.654. The lowest BCUT2D eigenvalue weighted by Crippen LogP contribution is -2.44. The Hall–Kier alpha value is -0.980. The van der Waals surface area contributed by atoms with Gasteiger partial charge in [0.2, 0.25) is 0 Å². The zero-order valence-electron chi connectivity index (χ0n) is 5.92. The molecule has 1 heterocycles. The number of alkyl halides is 2. The molecule has 0 saturated carbocycles. The van der Waals surface area contributed by atoms with Crippen molar-refractivity contribution in [3.05, 3.63) is 0 Å². The van der Waals surface area contributed by atoms with Crippen molar-refractivity contribution in [3.8, 4) is 0 Å². The first-order valence-electron chi connectivity index (χ1n) is 3.14. The van der Waals surface area contributed by atoms with Crippen molar-refractivity contribution in [2.75, 3.05) is 13.2 Å². The van der Waals surface area contributed by atoms with Crippen LogP contribution in [0.5, 0.6) is 0 Å². The Morgan fingerprint density at radius 3 is 2.83 bits per heavy atom.